The fourth-order valence-electron chi connectivity index (χ4n) is 0.807. The maximum atomic E-state index is 10.7. The van der Waals surface area contributed by atoms with Crippen LogP contribution in [0.3, 0.4) is 0 Å². The van der Waals surface area contributed by atoms with Crippen molar-refractivity contribution in [1.29, 1.82) is 0 Å². The Labute approximate surface area is 63.3 Å². The summed E-state index contributed by atoms with van der Waals surface area (Å²) < 4.78 is 4.87. The van der Waals surface area contributed by atoms with Crippen molar-refractivity contribution in [3.8, 4) is 0 Å². The molecule has 62 valence electrons. The molecule has 1 heterocycles. The van der Waals surface area contributed by atoms with E-state index in [-0.39, 0.29) is 18.9 Å². The minimum absolute atomic E-state index is 0.0566. The molecule has 0 radical (unpaired) electrons. The average molecular weight is 159 g/mol. The molecule has 5 heteroatoms. The van der Waals surface area contributed by atoms with Crippen LogP contribution >= 0.6 is 0 Å². The molecular formula is C6H9NO4. The van der Waals surface area contributed by atoms with Gasteiger partial charge >= 0.3 is 5.97 Å². The molecule has 2 N–H and O–H groups in total. The van der Waals surface area contributed by atoms with Crippen LogP contribution in [0.5, 0.6) is 0 Å². The minimum Gasteiger partial charge on any atom is -0.480 e. The standard InChI is InChI=1S/C6H9NO4/c8-5-1-2-11-3-4(7-5)6(9)10/h4H,1-3H2,(H,7,8)(H,9,10). The molecule has 0 saturated carbocycles. The molecule has 0 spiro atoms. The van der Waals surface area contributed by atoms with Crippen LogP contribution < -0.4 is 5.32 Å². The first-order chi connectivity index (χ1) is 5.20. The van der Waals surface area contributed by atoms with E-state index < -0.39 is 12.0 Å². The number of hydrogen-bond donors (Lipinski definition) is 2. The van der Waals surface area contributed by atoms with Crippen LogP contribution in [0.2, 0.25) is 0 Å². The third-order valence-corrected chi connectivity index (χ3v) is 1.39. The Morgan fingerprint density at radius 1 is 1.73 bits per heavy atom. The quantitative estimate of drug-likeness (QED) is 0.513. The largest absolute Gasteiger partial charge is 0.480 e. The number of hydrogen-bond acceptors (Lipinski definition) is 3. The second-order valence-corrected chi connectivity index (χ2v) is 2.28. The summed E-state index contributed by atoms with van der Waals surface area (Å²) in [5.41, 5.74) is 0. The smallest absolute Gasteiger partial charge is 0.328 e. The zero-order valence-corrected chi connectivity index (χ0v) is 5.87. The fraction of sp³-hybridized carbons (Fsp3) is 0.667. The molecule has 1 atom stereocenters. The maximum Gasteiger partial charge on any atom is 0.328 e. The van der Waals surface area contributed by atoms with E-state index in [1.54, 1.807) is 0 Å². The molecule has 0 bridgehead atoms. The van der Waals surface area contributed by atoms with Crippen LogP contribution in [0.15, 0.2) is 0 Å². The van der Waals surface area contributed by atoms with Gasteiger partial charge in [-0.15, -0.1) is 0 Å². The molecule has 0 aromatic rings. The van der Waals surface area contributed by atoms with Gasteiger partial charge in [-0.05, 0) is 0 Å². The van der Waals surface area contributed by atoms with Crippen molar-refractivity contribution in [3.63, 3.8) is 0 Å². The maximum absolute atomic E-state index is 10.7. The Kier molecular flexibility index (Phi) is 2.43. The summed E-state index contributed by atoms with van der Waals surface area (Å²) in [5, 5.41) is 10.8. The third kappa shape index (κ3) is 2.19. The van der Waals surface area contributed by atoms with Crippen LogP contribution in [0.4, 0.5) is 0 Å². The highest BCUT2D eigenvalue weighted by Gasteiger charge is 2.22. The summed E-state index contributed by atoms with van der Waals surface area (Å²) in [6, 6.07) is -0.884. The topological polar surface area (TPSA) is 75.6 Å². The van der Waals surface area contributed by atoms with Gasteiger partial charge in [0.1, 0.15) is 0 Å². The van der Waals surface area contributed by atoms with Crippen LogP contribution in [-0.2, 0) is 14.3 Å². The monoisotopic (exact) mass is 159 g/mol. The summed E-state index contributed by atoms with van der Waals surface area (Å²) in [7, 11) is 0. The molecule has 1 rings (SSSR count). The first-order valence-corrected chi connectivity index (χ1v) is 3.30. The molecule has 1 saturated heterocycles. The number of ether oxygens (including phenoxy) is 1. The number of nitrogens with one attached hydrogen (secondary N) is 1. The summed E-state index contributed by atoms with van der Waals surface area (Å²) in [4.78, 5) is 21.1. The second-order valence-electron chi connectivity index (χ2n) is 2.28. The highest BCUT2D eigenvalue weighted by Crippen LogP contribution is 1.95. The summed E-state index contributed by atoms with van der Waals surface area (Å²) in [5.74, 6) is -1.32. The Morgan fingerprint density at radius 2 is 2.45 bits per heavy atom. The van der Waals surface area contributed by atoms with E-state index in [9.17, 15) is 9.59 Å². The molecule has 11 heavy (non-hydrogen) atoms. The predicted octanol–water partition coefficient (Wildman–Crippen LogP) is -1.02. The molecule has 1 fully saturated rings. The molecular weight excluding hydrogens is 150 g/mol. The van der Waals surface area contributed by atoms with Crippen molar-refractivity contribution in [2.24, 2.45) is 0 Å². The number of amides is 1. The van der Waals surface area contributed by atoms with Gasteiger partial charge in [-0.1, -0.05) is 0 Å². The van der Waals surface area contributed by atoms with Crippen LogP contribution in [-0.4, -0.2) is 36.2 Å². The van der Waals surface area contributed by atoms with Crippen molar-refractivity contribution in [2.45, 2.75) is 12.5 Å². The van der Waals surface area contributed by atoms with Crippen molar-refractivity contribution < 1.29 is 19.4 Å². The van der Waals surface area contributed by atoms with E-state index in [2.05, 4.69) is 5.32 Å². The highest BCUT2D eigenvalue weighted by atomic mass is 16.5. The third-order valence-electron chi connectivity index (χ3n) is 1.39. The molecule has 5 nitrogen and oxygen atoms in total. The van der Waals surface area contributed by atoms with Crippen LogP contribution in [0, 0.1) is 0 Å². The first-order valence-electron chi connectivity index (χ1n) is 3.30. The van der Waals surface area contributed by atoms with Gasteiger partial charge in [-0.25, -0.2) is 4.79 Å². The number of carboxylic acids is 1. The van der Waals surface area contributed by atoms with Gasteiger partial charge in [0.05, 0.1) is 13.2 Å². The Bertz CT molecular complexity index is 179. The summed E-state index contributed by atoms with van der Waals surface area (Å²) in [6.45, 7) is 0.358. The number of aliphatic carboxylic acids is 1. The number of carbonyl (C=O) groups is 2. The van der Waals surface area contributed by atoms with E-state index in [4.69, 9.17) is 9.84 Å². The van der Waals surface area contributed by atoms with E-state index in [0.717, 1.165) is 0 Å². The van der Waals surface area contributed by atoms with E-state index in [1.807, 2.05) is 0 Å². The molecule has 1 unspecified atom stereocenters. The predicted molar refractivity (Wildman–Crippen MR) is 35.0 cm³/mol. The van der Waals surface area contributed by atoms with Gasteiger partial charge in [0.15, 0.2) is 6.04 Å². The highest BCUT2D eigenvalue weighted by molar-refractivity contribution is 5.83. The molecule has 0 aromatic carbocycles. The van der Waals surface area contributed by atoms with Gasteiger partial charge in [0.2, 0.25) is 5.91 Å². The summed E-state index contributed by atoms with van der Waals surface area (Å²) >= 11 is 0. The summed E-state index contributed by atoms with van der Waals surface area (Å²) in [6.07, 6.45) is 0.240. The van der Waals surface area contributed by atoms with Gasteiger partial charge in [-0.3, -0.25) is 4.79 Å². The lowest BCUT2D eigenvalue weighted by atomic mass is 10.3. The molecule has 1 amide bonds. The Balaban J connectivity index is 2.52. The molecule has 0 aliphatic carbocycles. The molecule has 1 aliphatic rings. The second kappa shape index (κ2) is 3.34. The number of carboxylic acid groups (broad SMARTS) is 1. The lowest BCUT2D eigenvalue weighted by Gasteiger charge is -2.08. The SMILES string of the molecule is O=C1CCOCC(C(=O)O)N1. The fourth-order valence-corrected chi connectivity index (χ4v) is 0.807. The first kappa shape index (κ1) is 8.00. The lowest BCUT2D eigenvalue weighted by molar-refractivity contribution is -0.142. The van der Waals surface area contributed by atoms with Crippen molar-refractivity contribution in [2.75, 3.05) is 13.2 Å². The zero-order chi connectivity index (χ0) is 8.27. The molecule has 1 aliphatic heterocycles. The van der Waals surface area contributed by atoms with Gasteiger partial charge in [-0.2, -0.15) is 0 Å². The van der Waals surface area contributed by atoms with Crippen LogP contribution in [0.1, 0.15) is 6.42 Å². The van der Waals surface area contributed by atoms with Crippen molar-refractivity contribution in [1.82, 2.24) is 5.32 Å². The lowest BCUT2D eigenvalue weighted by Crippen LogP contribution is -2.41. The van der Waals surface area contributed by atoms with Crippen molar-refractivity contribution >= 4 is 11.9 Å². The van der Waals surface area contributed by atoms with E-state index in [1.165, 1.54) is 0 Å². The molecule has 0 aromatic heterocycles. The van der Waals surface area contributed by atoms with E-state index in [0.29, 0.717) is 6.61 Å². The van der Waals surface area contributed by atoms with E-state index >= 15 is 0 Å². The van der Waals surface area contributed by atoms with Gasteiger partial charge in [0.25, 0.3) is 0 Å². The van der Waals surface area contributed by atoms with Gasteiger partial charge < -0.3 is 15.2 Å². The Hall–Kier alpha value is -1.10. The number of rotatable bonds is 1. The van der Waals surface area contributed by atoms with Crippen molar-refractivity contribution in [3.05, 3.63) is 0 Å². The number of carbonyl (C=O) groups excluding carboxylic acids is 1. The zero-order valence-electron chi connectivity index (χ0n) is 5.87. The average Bonchev–Trinajstić information content (AvgIpc) is 2.13. The minimum atomic E-state index is -1.06. The van der Waals surface area contributed by atoms with Crippen LogP contribution in [0.25, 0.3) is 0 Å². The van der Waals surface area contributed by atoms with Gasteiger partial charge in [0, 0.05) is 6.42 Å². The Morgan fingerprint density at radius 3 is 3.09 bits per heavy atom. The normalized spacial score (nSPS) is 25.5.